The van der Waals surface area contributed by atoms with Crippen LogP contribution in [0.25, 0.3) is 0 Å². The van der Waals surface area contributed by atoms with Crippen LogP contribution in [0.2, 0.25) is 0 Å². The maximum Gasteiger partial charge on any atom is 0.243 e. The molecule has 0 unspecified atom stereocenters. The van der Waals surface area contributed by atoms with Crippen LogP contribution in [0.3, 0.4) is 0 Å². The number of nitrogens with zero attached hydrogens (tertiary/aromatic N) is 2. The summed E-state index contributed by atoms with van der Waals surface area (Å²) < 4.78 is 33.3. The number of nitrogens with one attached hydrogen (secondary N) is 1. The molecular formula is C12H24N4O3S. The molecule has 0 atom stereocenters. The highest BCUT2D eigenvalue weighted by molar-refractivity contribution is 7.89. The van der Waals surface area contributed by atoms with Crippen LogP contribution in [-0.4, -0.2) is 44.5 Å². The summed E-state index contributed by atoms with van der Waals surface area (Å²) >= 11 is 0. The maximum absolute atomic E-state index is 12.0. The fourth-order valence-electron chi connectivity index (χ4n) is 1.51. The van der Waals surface area contributed by atoms with Crippen molar-refractivity contribution in [3.05, 3.63) is 12.4 Å². The van der Waals surface area contributed by atoms with E-state index < -0.39 is 10.0 Å². The molecule has 0 radical (unpaired) electrons. The predicted molar refractivity (Wildman–Crippen MR) is 76.7 cm³/mol. The lowest BCUT2D eigenvalue weighted by Crippen LogP contribution is -2.27. The second-order valence-corrected chi connectivity index (χ2v) is 6.71. The van der Waals surface area contributed by atoms with Crippen LogP contribution in [0, 0.1) is 5.92 Å². The van der Waals surface area contributed by atoms with Gasteiger partial charge in [-0.2, -0.15) is 5.10 Å². The molecular weight excluding hydrogens is 280 g/mol. The van der Waals surface area contributed by atoms with Gasteiger partial charge in [0.05, 0.1) is 12.8 Å². The standard InChI is InChI=1S/C12H24N4O3S/c1-11(2)10-19-7-5-15-20(17,18)12-8-14-16(9-12)6-3-4-13/h8-9,11,15H,3-7,10,13H2,1-2H3. The number of hydrogen-bond acceptors (Lipinski definition) is 5. The number of sulfonamides is 1. The lowest BCUT2D eigenvalue weighted by atomic mass is 10.2. The Morgan fingerprint density at radius 3 is 2.90 bits per heavy atom. The number of aromatic nitrogens is 2. The van der Waals surface area contributed by atoms with Gasteiger partial charge in [0.25, 0.3) is 0 Å². The van der Waals surface area contributed by atoms with Crippen molar-refractivity contribution in [2.75, 3.05) is 26.3 Å². The number of hydrogen-bond donors (Lipinski definition) is 2. The Bertz CT molecular complexity index is 485. The highest BCUT2D eigenvalue weighted by Crippen LogP contribution is 2.06. The molecule has 7 nitrogen and oxygen atoms in total. The zero-order valence-corrected chi connectivity index (χ0v) is 12.9. The summed E-state index contributed by atoms with van der Waals surface area (Å²) in [5.41, 5.74) is 5.40. The number of rotatable bonds is 10. The second-order valence-electron chi connectivity index (χ2n) is 4.95. The summed E-state index contributed by atoms with van der Waals surface area (Å²) in [5.74, 6) is 0.437. The van der Waals surface area contributed by atoms with E-state index in [4.69, 9.17) is 10.5 Å². The molecule has 0 fully saturated rings. The van der Waals surface area contributed by atoms with Gasteiger partial charge in [0.2, 0.25) is 10.0 Å². The van der Waals surface area contributed by atoms with Gasteiger partial charge in [0.1, 0.15) is 4.90 Å². The van der Waals surface area contributed by atoms with E-state index in [1.165, 1.54) is 12.4 Å². The van der Waals surface area contributed by atoms with Crippen LogP contribution >= 0.6 is 0 Å². The molecule has 0 aromatic carbocycles. The van der Waals surface area contributed by atoms with Gasteiger partial charge in [-0.25, -0.2) is 13.1 Å². The van der Waals surface area contributed by atoms with Gasteiger partial charge in [-0.15, -0.1) is 0 Å². The van der Waals surface area contributed by atoms with Gasteiger partial charge in [-0.1, -0.05) is 13.8 Å². The van der Waals surface area contributed by atoms with E-state index in [0.717, 1.165) is 6.42 Å². The fourth-order valence-corrected chi connectivity index (χ4v) is 2.47. The molecule has 8 heteroatoms. The van der Waals surface area contributed by atoms with E-state index in [0.29, 0.717) is 32.2 Å². The Labute approximate surface area is 120 Å². The minimum absolute atomic E-state index is 0.165. The van der Waals surface area contributed by atoms with Crippen LogP contribution in [-0.2, 0) is 21.3 Å². The fraction of sp³-hybridized carbons (Fsp3) is 0.750. The monoisotopic (exact) mass is 304 g/mol. The van der Waals surface area contributed by atoms with E-state index in [1.54, 1.807) is 4.68 Å². The molecule has 0 aliphatic heterocycles. The van der Waals surface area contributed by atoms with Gasteiger partial charge in [-0.3, -0.25) is 4.68 Å². The van der Waals surface area contributed by atoms with Gasteiger partial charge in [-0.05, 0) is 18.9 Å². The molecule has 0 saturated carbocycles. The summed E-state index contributed by atoms with van der Waals surface area (Å²) in [6, 6.07) is 0. The zero-order valence-electron chi connectivity index (χ0n) is 12.1. The molecule has 1 aromatic rings. The number of aryl methyl sites for hydroxylation is 1. The average molecular weight is 304 g/mol. The lowest BCUT2D eigenvalue weighted by Gasteiger charge is -2.07. The largest absolute Gasteiger partial charge is 0.380 e. The van der Waals surface area contributed by atoms with Crippen LogP contribution in [0.1, 0.15) is 20.3 Å². The van der Waals surface area contributed by atoms with Crippen molar-refractivity contribution < 1.29 is 13.2 Å². The predicted octanol–water partition coefficient (Wildman–Crippen LogP) is 0.183. The molecule has 0 aliphatic rings. The Morgan fingerprint density at radius 2 is 2.25 bits per heavy atom. The van der Waals surface area contributed by atoms with E-state index in [2.05, 4.69) is 9.82 Å². The first-order valence-electron chi connectivity index (χ1n) is 6.75. The highest BCUT2D eigenvalue weighted by Gasteiger charge is 2.15. The van der Waals surface area contributed by atoms with Crippen molar-refractivity contribution in [1.29, 1.82) is 0 Å². The molecule has 0 bridgehead atoms. The van der Waals surface area contributed by atoms with Crippen molar-refractivity contribution in [3.8, 4) is 0 Å². The van der Waals surface area contributed by atoms with Gasteiger partial charge in [0, 0.05) is 25.9 Å². The Balaban J connectivity index is 2.41. The van der Waals surface area contributed by atoms with Crippen LogP contribution in [0.15, 0.2) is 17.3 Å². The minimum Gasteiger partial charge on any atom is -0.380 e. The lowest BCUT2D eigenvalue weighted by molar-refractivity contribution is 0.114. The van der Waals surface area contributed by atoms with Crippen LogP contribution in [0.4, 0.5) is 0 Å². The topological polar surface area (TPSA) is 99.2 Å². The maximum atomic E-state index is 12.0. The Morgan fingerprint density at radius 1 is 1.50 bits per heavy atom. The molecule has 0 amide bonds. The van der Waals surface area contributed by atoms with E-state index in [1.807, 2.05) is 13.8 Å². The zero-order chi connectivity index (χ0) is 15.0. The van der Waals surface area contributed by atoms with E-state index in [-0.39, 0.29) is 11.4 Å². The Hall–Kier alpha value is -0.960. The summed E-state index contributed by atoms with van der Waals surface area (Å²) in [4.78, 5) is 0.165. The Kier molecular flexibility index (Phi) is 7.14. The molecule has 0 aliphatic carbocycles. The van der Waals surface area contributed by atoms with Crippen LogP contribution in [0.5, 0.6) is 0 Å². The molecule has 20 heavy (non-hydrogen) atoms. The van der Waals surface area contributed by atoms with E-state index >= 15 is 0 Å². The average Bonchev–Trinajstić information content (AvgIpc) is 2.85. The summed E-state index contributed by atoms with van der Waals surface area (Å²) in [6.07, 6.45) is 3.61. The first kappa shape index (κ1) is 17.1. The SMILES string of the molecule is CC(C)COCCNS(=O)(=O)c1cnn(CCCN)c1. The summed E-state index contributed by atoms with van der Waals surface area (Å²) in [5, 5.41) is 4.00. The minimum atomic E-state index is -3.51. The summed E-state index contributed by atoms with van der Waals surface area (Å²) in [6.45, 7) is 6.48. The normalized spacial score (nSPS) is 12.2. The van der Waals surface area contributed by atoms with Gasteiger partial charge < -0.3 is 10.5 Å². The van der Waals surface area contributed by atoms with Crippen molar-refractivity contribution >= 4 is 10.0 Å². The molecule has 116 valence electrons. The van der Waals surface area contributed by atoms with Crippen molar-refractivity contribution in [3.63, 3.8) is 0 Å². The van der Waals surface area contributed by atoms with Gasteiger partial charge in [0.15, 0.2) is 0 Å². The molecule has 1 rings (SSSR count). The second kappa shape index (κ2) is 8.35. The van der Waals surface area contributed by atoms with Crippen LogP contribution < -0.4 is 10.5 Å². The smallest absolute Gasteiger partial charge is 0.243 e. The van der Waals surface area contributed by atoms with E-state index in [9.17, 15) is 8.42 Å². The molecule has 3 N–H and O–H groups in total. The number of nitrogens with two attached hydrogens (primary N) is 1. The van der Waals surface area contributed by atoms with Crippen molar-refractivity contribution in [2.45, 2.75) is 31.7 Å². The van der Waals surface area contributed by atoms with Crippen molar-refractivity contribution in [1.82, 2.24) is 14.5 Å². The highest BCUT2D eigenvalue weighted by atomic mass is 32.2. The third-order valence-corrected chi connectivity index (χ3v) is 3.92. The molecule has 1 aromatic heterocycles. The molecule has 1 heterocycles. The first-order valence-corrected chi connectivity index (χ1v) is 8.24. The third-order valence-electron chi connectivity index (χ3n) is 2.50. The number of ether oxygens (including phenoxy) is 1. The third kappa shape index (κ3) is 6.00. The molecule has 0 saturated heterocycles. The van der Waals surface area contributed by atoms with Gasteiger partial charge >= 0.3 is 0 Å². The van der Waals surface area contributed by atoms with Crippen molar-refractivity contribution in [2.24, 2.45) is 11.7 Å². The first-order chi connectivity index (χ1) is 9.45. The summed E-state index contributed by atoms with van der Waals surface area (Å²) in [7, 11) is -3.51. The quantitative estimate of drug-likeness (QED) is 0.601. The molecule has 0 spiro atoms.